The maximum Gasteiger partial charge on any atom is 0.203 e. The molecule has 0 saturated carbocycles. The van der Waals surface area contributed by atoms with Gasteiger partial charge in [0.2, 0.25) is 5.76 Å². The van der Waals surface area contributed by atoms with Crippen molar-refractivity contribution >= 4 is 17.4 Å². The molecule has 1 heterocycles. The lowest BCUT2D eigenvalue weighted by Gasteiger charge is -1.77. The number of carbonyl (C=O) groups excluding carboxylic acids is 1. The summed E-state index contributed by atoms with van der Waals surface area (Å²) in [4.78, 5) is 10.5. The Kier molecular flexibility index (Phi) is 1.53. The van der Waals surface area contributed by atoms with Gasteiger partial charge in [0.25, 0.3) is 0 Å². The molecule has 1 aromatic rings. The van der Waals surface area contributed by atoms with Crippen LogP contribution in [0, 0.1) is 0 Å². The normalized spacial score (nSPS) is 9.56. The van der Waals surface area contributed by atoms with Crippen LogP contribution in [0.25, 0.3) is 0 Å². The summed E-state index contributed by atoms with van der Waals surface area (Å²) in [5.41, 5.74) is 0. The number of carbonyl (C=O) groups is 1. The standard InChI is InChI=1S/C5H4ClNO2/c1-3(8)4-2-5(6)7-9-4/h2H,1H3. The average molecular weight is 146 g/mol. The Labute approximate surface area is 56.6 Å². The average Bonchev–Trinajstić information content (AvgIpc) is 2.14. The Morgan fingerprint density at radius 2 is 2.56 bits per heavy atom. The second-order valence-corrected chi connectivity index (χ2v) is 1.96. The van der Waals surface area contributed by atoms with Crippen molar-refractivity contribution in [1.82, 2.24) is 5.16 Å². The Bertz CT molecular complexity index is 231. The highest BCUT2D eigenvalue weighted by atomic mass is 35.5. The molecule has 0 saturated heterocycles. The van der Waals surface area contributed by atoms with E-state index in [1.165, 1.54) is 13.0 Å². The Balaban J connectivity index is 2.98. The van der Waals surface area contributed by atoms with Crippen molar-refractivity contribution in [2.45, 2.75) is 6.92 Å². The van der Waals surface area contributed by atoms with Crippen LogP contribution < -0.4 is 0 Å². The van der Waals surface area contributed by atoms with Crippen LogP contribution >= 0.6 is 11.6 Å². The molecule has 0 amide bonds. The number of nitrogens with zero attached hydrogens (tertiary/aromatic N) is 1. The lowest BCUT2D eigenvalue weighted by molar-refractivity contribution is 0.0978. The second kappa shape index (κ2) is 2.19. The molecule has 4 heteroatoms. The lowest BCUT2D eigenvalue weighted by Crippen LogP contribution is -1.85. The highest BCUT2D eigenvalue weighted by Crippen LogP contribution is 2.08. The van der Waals surface area contributed by atoms with E-state index in [1.54, 1.807) is 0 Å². The van der Waals surface area contributed by atoms with Crippen LogP contribution in [0.4, 0.5) is 0 Å². The van der Waals surface area contributed by atoms with Crippen LogP contribution in [-0.2, 0) is 0 Å². The SMILES string of the molecule is CC(=O)c1cc(Cl)no1. The van der Waals surface area contributed by atoms with Gasteiger partial charge in [0.15, 0.2) is 10.9 Å². The fourth-order valence-electron chi connectivity index (χ4n) is 0.420. The van der Waals surface area contributed by atoms with Crippen LogP contribution in [-0.4, -0.2) is 10.9 Å². The number of Topliss-reactive ketones (excluding diaryl/α,β-unsaturated/α-hetero) is 1. The van der Waals surface area contributed by atoms with E-state index >= 15 is 0 Å². The second-order valence-electron chi connectivity index (χ2n) is 1.57. The molecule has 0 aliphatic carbocycles. The predicted molar refractivity (Wildman–Crippen MR) is 31.5 cm³/mol. The van der Waals surface area contributed by atoms with Gasteiger partial charge in [-0.1, -0.05) is 16.8 Å². The van der Waals surface area contributed by atoms with Crippen LogP contribution in [0.3, 0.4) is 0 Å². The summed E-state index contributed by atoms with van der Waals surface area (Å²) in [6, 6.07) is 1.38. The van der Waals surface area contributed by atoms with Gasteiger partial charge in [-0.2, -0.15) is 0 Å². The zero-order valence-electron chi connectivity index (χ0n) is 4.72. The van der Waals surface area contributed by atoms with Gasteiger partial charge < -0.3 is 4.52 Å². The number of halogens is 1. The number of hydrogen-bond donors (Lipinski definition) is 0. The maximum absolute atomic E-state index is 10.5. The van der Waals surface area contributed by atoms with Crippen LogP contribution in [0.5, 0.6) is 0 Å². The third-order valence-corrected chi connectivity index (χ3v) is 1.01. The quantitative estimate of drug-likeness (QED) is 0.563. The number of rotatable bonds is 1. The number of hydrogen-bond acceptors (Lipinski definition) is 3. The summed E-state index contributed by atoms with van der Waals surface area (Å²) < 4.78 is 4.49. The van der Waals surface area contributed by atoms with E-state index in [2.05, 4.69) is 9.68 Å². The molecule has 0 bridgehead atoms. The molecule has 0 spiro atoms. The van der Waals surface area contributed by atoms with Crippen molar-refractivity contribution in [3.63, 3.8) is 0 Å². The summed E-state index contributed by atoms with van der Waals surface area (Å²) in [5.74, 6) is 0.0226. The van der Waals surface area contributed by atoms with E-state index in [-0.39, 0.29) is 16.7 Å². The van der Waals surface area contributed by atoms with Crippen molar-refractivity contribution in [2.75, 3.05) is 0 Å². The van der Waals surface area contributed by atoms with Crippen molar-refractivity contribution < 1.29 is 9.32 Å². The molecule has 0 aliphatic heterocycles. The van der Waals surface area contributed by atoms with Gasteiger partial charge in [-0.15, -0.1) is 0 Å². The first-order valence-corrected chi connectivity index (χ1v) is 2.71. The van der Waals surface area contributed by atoms with E-state index in [4.69, 9.17) is 11.6 Å². The summed E-state index contributed by atoms with van der Waals surface area (Å²) in [6.45, 7) is 1.39. The van der Waals surface area contributed by atoms with Crippen molar-refractivity contribution in [1.29, 1.82) is 0 Å². The van der Waals surface area contributed by atoms with Gasteiger partial charge in [-0.25, -0.2) is 0 Å². The molecular weight excluding hydrogens is 142 g/mol. The molecule has 0 aromatic carbocycles. The molecular formula is C5H4ClNO2. The van der Waals surface area contributed by atoms with Gasteiger partial charge in [-0.3, -0.25) is 4.79 Å². The lowest BCUT2D eigenvalue weighted by atomic mass is 10.3. The van der Waals surface area contributed by atoms with Crippen LogP contribution in [0.15, 0.2) is 10.6 Å². The minimum Gasteiger partial charge on any atom is -0.352 e. The minimum absolute atomic E-state index is 0.172. The van der Waals surface area contributed by atoms with Gasteiger partial charge in [-0.05, 0) is 0 Å². The monoisotopic (exact) mass is 145 g/mol. The van der Waals surface area contributed by atoms with Gasteiger partial charge >= 0.3 is 0 Å². The summed E-state index contributed by atoms with van der Waals surface area (Å²) >= 11 is 5.35. The van der Waals surface area contributed by atoms with E-state index in [1.807, 2.05) is 0 Å². The zero-order chi connectivity index (χ0) is 6.85. The molecule has 0 atom stereocenters. The zero-order valence-corrected chi connectivity index (χ0v) is 5.47. The Morgan fingerprint density at radius 1 is 1.89 bits per heavy atom. The third-order valence-electron chi connectivity index (χ3n) is 0.828. The molecule has 0 N–H and O–H groups in total. The summed E-state index contributed by atoms with van der Waals surface area (Å²) in [7, 11) is 0. The van der Waals surface area contributed by atoms with Gasteiger partial charge in [0.05, 0.1) is 0 Å². The first-order chi connectivity index (χ1) is 4.20. The summed E-state index contributed by atoms with van der Waals surface area (Å²) in [6.07, 6.45) is 0. The predicted octanol–water partition coefficient (Wildman–Crippen LogP) is 1.53. The number of aromatic nitrogens is 1. The molecule has 0 aliphatic rings. The van der Waals surface area contributed by atoms with Gasteiger partial charge in [0.1, 0.15) is 0 Å². The van der Waals surface area contributed by atoms with E-state index in [0.29, 0.717) is 0 Å². The maximum atomic E-state index is 10.5. The first-order valence-electron chi connectivity index (χ1n) is 2.33. The topological polar surface area (TPSA) is 43.1 Å². The van der Waals surface area contributed by atoms with Gasteiger partial charge in [0, 0.05) is 13.0 Å². The molecule has 1 rings (SSSR count). The molecule has 0 fully saturated rings. The fourth-order valence-corrected chi connectivity index (χ4v) is 0.553. The van der Waals surface area contributed by atoms with Crippen LogP contribution in [0.2, 0.25) is 5.15 Å². The Morgan fingerprint density at radius 3 is 2.78 bits per heavy atom. The van der Waals surface area contributed by atoms with E-state index in [9.17, 15) is 4.79 Å². The molecule has 0 radical (unpaired) electrons. The smallest absolute Gasteiger partial charge is 0.203 e. The minimum atomic E-state index is -0.172. The summed E-state index contributed by atoms with van der Waals surface area (Å²) in [5, 5.41) is 3.52. The molecule has 0 unspecified atom stereocenters. The molecule has 9 heavy (non-hydrogen) atoms. The highest BCUT2D eigenvalue weighted by molar-refractivity contribution is 6.29. The van der Waals surface area contributed by atoms with E-state index in [0.717, 1.165) is 0 Å². The highest BCUT2D eigenvalue weighted by Gasteiger charge is 2.04. The molecule has 3 nitrogen and oxygen atoms in total. The largest absolute Gasteiger partial charge is 0.352 e. The van der Waals surface area contributed by atoms with Crippen LogP contribution in [0.1, 0.15) is 17.5 Å². The van der Waals surface area contributed by atoms with Crippen molar-refractivity contribution in [3.05, 3.63) is 17.0 Å². The first kappa shape index (κ1) is 6.29. The Hall–Kier alpha value is -0.830. The molecule has 1 aromatic heterocycles. The van der Waals surface area contributed by atoms with E-state index < -0.39 is 0 Å². The van der Waals surface area contributed by atoms with Crippen molar-refractivity contribution in [3.8, 4) is 0 Å². The number of ketones is 1. The molecule has 48 valence electrons. The van der Waals surface area contributed by atoms with Crippen molar-refractivity contribution in [2.24, 2.45) is 0 Å². The third kappa shape index (κ3) is 1.29. The fraction of sp³-hybridized carbons (Fsp3) is 0.200.